The van der Waals surface area contributed by atoms with Crippen molar-refractivity contribution in [2.24, 2.45) is 5.92 Å². The number of hydrogen-bond donors (Lipinski definition) is 0. The molecule has 2 nitrogen and oxygen atoms in total. The Balaban J connectivity index is 1.90. The summed E-state index contributed by atoms with van der Waals surface area (Å²) in [6.45, 7) is 8.59. The van der Waals surface area contributed by atoms with Crippen LogP contribution in [0.5, 0.6) is 11.5 Å². The van der Waals surface area contributed by atoms with E-state index in [1.807, 2.05) is 60.7 Å². The van der Waals surface area contributed by atoms with Crippen LogP contribution in [0.25, 0.3) is 0 Å². The molecular weight excluding hydrogens is 308 g/mol. The van der Waals surface area contributed by atoms with Crippen LogP contribution in [0, 0.1) is 5.92 Å². The van der Waals surface area contributed by atoms with Crippen molar-refractivity contribution in [2.45, 2.75) is 38.9 Å². The molecule has 2 aromatic rings. The van der Waals surface area contributed by atoms with Gasteiger partial charge in [0.1, 0.15) is 22.7 Å². The number of rotatable bonds is 5. The van der Waals surface area contributed by atoms with Crippen molar-refractivity contribution >= 4 is 0 Å². The second-order valence-electron chi connectivity index (χ2n) is 7.21. The summed E-state index contributed by atoms with van der Waals surface area (Å²) in [7, 11) is 0. The first-order valence-corrected chi connectivity index (χ1v) is 8.82. The summed E-state index contributed by atoms with van der Waals surface area (Å²) < 4.78 is 12.6. The zero-order chi connectivity index (χ0) is 17.9. The fourth-order valence-electron chi connectivity index (χ4n) is 3.29. The summed E-state index contributed by atoms with van der Waals surface area (Å²) in [5.41, 5.74) is 0.257. The quantitative estimate of drug-likeness (QED) is 0.642. The summed E-state index contributed by atoms with van der Waals surface area (Å²) in [5.74, 6) is 2.08. The van der Waals surface area contributed by atoms with Crippen molar-refractivity contribution in [2.75, 3.05) is 0 Å². The third kappa shape index (κ3) is 3.96. The van der Waals surface area contributed by atoms with E-state index in [1.165, 1.54) is 5.57 Å². The summed E-state index contributed by atoms with van der Waals surface area (Å²) in [6, 6.07) is 19.9. The first-order valence-electron chi connectivity index (χ1n) is 8.82. The standard InChI is InChI=1S/C23H26O2/c1-18(2)21-17-22(3,24-19-11-7-5-8-12-19)15-16-23(21,4)25-20-13-9-6-10-14-20/h5-18H,1-4H3. The Labute approximate surface area is 150 Å². The maximum Gasteiger partial charge on any atom is 0.146 e. The maximum absolute atomic E-state index is 6.35. The predicted octanol–water partition coefficient (Wildman–Crippen LogP) is 5.81. The molecule has 2 atom stereocenters. The van der Waals surface area contributed by atoms with Gasteiger partial charge in [0.25, 0.3) is 0 Å². The number of benzene rings is 2. The highest BCUT2D eigenvalue weighted by atomic mass is 16.5. The Morgan fingerprint density at radius 1 is 0.720 bits per heavy atom. The molecule has 2 unspecified atom stereocenters. The maximum atomic E-state index is 6.35. The summed E-state index contributed by atoms with van der Waals surface area (Å²) >= 11 is 0. The normalized spacial score (nSPS) is 25.6. The van der Waals surface area contributed by atoms with Gasteiger partial charge in [-0.15, -0.1) is 0 Å². The lowest BCUT2D eigenvalue weighted by Crippen LogP contribution is -2.42. The fraction of sp³-hybridized carbons (Fsp3) is 0.304. The molecule has 1 aliphatic carbocycles. The highest BCUT2D eigenvalue weighted by Crippen LogP contribution is 2.38. The van der Waals surface area contributed by atoms with E-state index < -0.39 is 11.2 Å². The van der Waals surface area contributed by atoms with Gasteiger partial charge in [0.05, 0.1) is 0 Å². The third-order valence-corrected chi connectivity index (χ3v) is 4.52. The lowest BCUT2D eigenvalue weighted by Gasteiger charge is -2.39. The van der Waals surface area contributed by atoms with Crippen molar-refractivity contribution in [1.29, 1.82) is 0 Å². The molecule has 0 aromatic heterocycles. The van der Waals surface area contributed by atoms with Crippen molar-refractivity contribution < 1.29 is 9.47 Å². The molecule has 1 aliphatic rings. The zero-order valence-electron chi connectivity index (χ0n) is 15.4. The van der Waals surface area contributed by atoms with Gasteiger partial charge in [-0.05, 0) is 67.8 Å². The highest BCUT2D eigenvalue weighted by molar-refractivity contribution is 5.40. The molecule has 0 saturated heterocycles. The van der Waals surface area contributed by atoms with Crippen LogP contribution in [0.2, 0.25) is 0 Å². The van der Waals surface area contributed by atoms with E-state index in [2.05, 4.69) is 45.9 Å². The summed E-state index contributed by atoms with van der Waals surface area (Å²) in [5, 5.41) is 0. The Kier molecular flexibility index (Phi) is 4.71. The largest absolute Gasteiger partial charge is 0.479 e. The second kappa shape index (κ2) is 6.79. The SMILES string of the molecule is CC(C)C1=CC(C)(Oc2ccccc2)C=CC1(C)Oc1ccccc1. The fourth-order valence-corrected chi connectivity index (χ4v) is 3.29. The molecule has 2 heteroatoms. The van der Waals surface area contributed by atoms with Gasteiger partial charge in [0, 0.05) is 0 Å². The molecule has 3 rings (SSSR count). The van der Waals surface area contributed by atoms with Crippen LogP contribution in [-0.2, 0) is 0 Å². The van der Waals surface area contributed by atoms with Crippen LogP contribution >= 0.6 is 0 Å². The Bertz CT molecular complexity index is 761. The molecule has 0 amide bonds. The molecule has 0 heterocycles. The summed E-state index contributed by atoms with van der Waals surface area (Å²) in [6.07, 6.45) is 6.42. The van der Waals surface area contributed by atoms with E-state index >= 15 is 0 Å². The second-order valence-corrected chi connectivity index (χ2v) is 7.21. The smallest absolute Gasteiger partial charge is 0.146 e. The zero-order valence-corrected chi connectivity index (χ0v) is 15.4. The molecule has 0 radical (unpaired) electrons. The molecule has 25 heavy (non-hydrogen) atoms. The average molecular weight is 334 g/mol. The van der Waals surface area contributed by atoms with Crippen LogP contribution in [-0.4, -0.2) is 11.2 Å². The average Bonchev–Trinajstić information content (AvgIpc) is 2.59. The van der Waals surface area contributed by atoms with Crippen molar-refractivity contribution in [3.8, 4) is 11.5 Å². The van der Waals surface area contributed by atoms with Crippen LogP contribution in [0.15, 0.2) is 84.5 Å². The topological polar surface area (TPSA) is 18.5 Å². The van der Waals surface area contributed by atoms with E-state index in [0.717, 1.165) is 11.5 Å². The minimum atomic E-state index is -0.486. The van der Waals surface area contributed by atoms with E-state index in [9.17, 15) is 0 Å². The Morgan fingerprint density at radius 2 is 1.24 bits per heavy atom. The van der Waals surface area contributed by atoms with Gasteiger partial charge in [-0.2, -0.15) is 0 Å². The molecular formula is C23H26O2. The van der Waals surface area contributed by atoms with Crippen LogP contribution in [0.4, 0.5) is 0 Å². The van der Waals surface area contributed by atoms with Crippen LogP contribution in [0.1, 0.15) is 27.7 Å². The third-order valence-electron chi connectivity index (χ3n) is 4.52. The van der Waals surface area contributed by atoms with Gasteiger partial charge in [-0.3, -0.25) is 0 Å². The first-order chi connectivity index (χ1) is 11.9. The van der Waals surface area contributed by atoms with Crippen LogP contribution in [0.3, 0.4) is 0 Å². The summed E-state index contributed by atoms with van der Waals surface area (Å²) in [4.78, 5) is 0. The van der Waals surface area contributed by atoms with E-state index in [0.29, 0.717) is 5.92 Å². The molecule has 0 bridgehead atoms. The van der Waals surface area contributed by atoms with E-state index in [4.69, 9.17) is 9.47 Å². The number of para-hydroxylation sites is 2. The van der Waals surface area contributed by atoms with E-state index in [1.54, 1.807) is 0 Å². The molecule has 0 N–H and O–H groups in total. The van der Waals surface area contributed by atoms with E-state index in [-0.39, 0.29) is 0 Å². The predicted molar refractivity (Wildman–Crippen MR) is 103 cm³/mol. The Morgan fingerprint density at radius 3 is 1.76 bits per heavy atom. The van der Waals surface area contributed by atoms with Gasteiger partial charge in [-0.25, -0.2) is 0 Å². The molecule has 2 aromatic carbocycles. The van der Waals surface area contributed by atoms with Gasteiger partial charge in [0.15, 0.2) is 0 Å². The molecule has 0 spiro atoms. The Hall–Kier alpha value is -2.48. The molecule has 0 saturated carbocycles. The molecule has 0 fully saturated rings. The van der Waals surface area contributed by atoms with Crippen molar-refractivity contribution in [1.82, 2.24) is 0 Å². The van der Waals surface area contributed by atoms with Gasteiger partial charge >= 0.3 is 0 Å². The minimum Gasteiger partial charge on any atom is -0.479 e. The monoisotopic (exact) mass is 334 g/mol. The van der Waals surface area contributed by atoms with Gasteiger partial charge in [-0.1, -0.05) is 50.2 Å². The lowest BCUT2D eigenvalue weighted by molar-refractivity contribution is 0.138. The highest BCUT2D eigenvalue weighted by Gasteiger charge is 2.38. The van der Waals surface area contributed by atoms with Crippen molar-refractivity contribution in [3.05, 3.63) is 84.5 Å². The lowest BCUT2D eigenvalue weighted by atomic mass is 9.79. The minimum absolute atomic E-state index is 0.345. The first kappa shape index (κ1) is 17.3. The molecule has 130 valence electrons. The molecule has 0 aliphatic heterocycles. The number of ether oxygens (including phenoxy) is 2. The van der Waals surface area contributed by atoms with Crippen LogP contribution < -0.4 is 9.47 Å². The van der Waals surface area contributed by atoms with Gasteiger partial charge in [0.2, 0.25) is 0 Å². The number of hydrogen-bond acceptors (Lipinski definition) is 2. The van der Waals surface area contributed by atoms with Gasteiger partial charge < -0.3 is 9.47 Å². The van der Waals surface area contributed by atoms with Crippen molar-refractivity contribution in [3.63, 3.8) is 0 Å².